The highest BCUT2D eigenvalue weighted by Gasteiger charge is 2.17. The smallest absolute Gasteiger partial charge is 0.246 e. The van der Waals surface area contributed by atoms with E-state index < -0.39 is 0 Å². The van der Waals surface area contributed by atoms with Gasteiger partial charge in [-0.1, -0.05) is 0 Å². The highest BCUT2D eigenvalue weighted by Crippen LogP contribution is 1.96. The van der Waals surface area contributed by atoms with Crippen molar-refractivity contribution >= 4 is 18.3 Å². The molecule has 0 atom stereocenters. The maximum Gasteiger partial charge on any atom is 0.246 e. The van der Waals surface area contributed by atoms with E-state index in [-0.39, 0.29) is 31.0 Å². The lowest BCUT2D eigenvalue weighted by Crippen LogP contribution is -2.49. The summed E-state index contributed by atoms with van der Waals surface area (Å²) in [6.07, 6.45) is 0.231. The van der Waals surface area contributed by atoms with Crippen molar-refractivity contribution in [1.82, 2.24) is 15.5 Å². The van der Waals surface area contributed by atoms with Crippen molar-refractivity contribution in [3.8, 4) is 0 Å². The number of nitrogens with one attached hydrogen (secondary N) is 2. The first kappa shape index (κ1) is 14.6. The van der Waals surface area contributed by atoms with Gasteiger partial charge in [0.15, 0.2) is 0 Å². The van der Waals surface area contributed by atoms with Crippen molar-refractivity contribution in [2.75, 3.05) is 46.9 Å². The van der Waals surface area contributed by atoms with E-state index in [1.165, 1.54) is 0 Å². The van der Waals surface area contributed by atoms with Gasteiger partial charge < -0.3 is 20.3 Å². The summed E-state index contributed by atoms with van der Waals surface area (Å²) in [6.45, 7) is 3.45. The Labute approximate surface area is 96.9 Å². The van der Waals surface area contributed by atoms with Gasteiger partial charge in [0.25, 0.3) is 0 Å². The Bertz CT molecular complexity index is 186. The van der Waals surface area contributed by atoms with E-state index in [1.54, 1.807) is 0 Å². The molecule has 0 saturated carbocycles. The first-order valence-electron chi connectivity index (χ1n) is 4.92. The minimum Gasteiger partial charge on any atom is -0.366 e. The number of carbonyl (C=O) groups is 1. The van der Waals surface area contributed by atoms with Crippen LogP contribution in [0.5, 0.6) is 0 Å². The molecular weight excluding hydrogens is 218 g/mol. The molecule has 5 nitrogen and oxygen atoms in total. The SMILES string of the molecule is CN(C)CCNC(=O)COC1CNC1.Cl. The average Bonchev–Trinajstić information content (AvgIpc) is 2.00. The molecule has 0 bridgehead atoms. The Morgan fingerprint density at radius 3 is 2.67 bits per heavy atom. The van der Waals surface area contributed by atoms with Crippen molar-refractivity contribution in [2.24, 2.45) is 0 Å². The lowest BCUT2D eigenvalue weighted by molar-refractivity contribution is -0.128. The Morgan fingerprint density at radius 1 is 1.53 bits per heavy atom. The molecule has 0 spiro atoms. The van der Waals surface area contributed by atoms with Crippen LogP contribution in [0.1, 0.15) is 0 Å². The predicted octanol–water partition coefficient (Wildman–Crippen LogP) is -0.926. The van der Waals surface area contributed by atoms with E-state index in [0.29, 0.717) is 6.54 Å². The van der Waals surface area contributed by atoms with Crippen LogP contribution in [0.15, 0.2) is 0 Å². The lowest BCUT2D eigenvalue weighted by Gasteiger charge is -2.26. The van der Waals surface area contributed by atoms with Gasteiger partial charge in [-0.05, 0) is 14.1 Å². The first-order valence-corrected chi connectivity index (χ1v) is 4.92. The summed E-state index contributed by atoms with van der Waals surface area (Å²) >= 11 is 0. The van der Waals surface area contributed by atoms with Gasteiger partial charge in [-0.15, -0.1) is 12.4 Å². The van der Waals surface area contributed by atoms with Crippen LogP contribution >= 0.6 is 12.4 Å². The number of hydrogen-bond donors (Lipinski definition) is 2. The summed E-state index contributed by atoms with van der Waals surface area (Å²) in [6, 6.07) is 0. The largest absolute Gasteiger partial charge is 0.366 e. The average molecular weight is 238 g/mol. The molecule has 1 amide bonds. The van der Waals surface area contributed by atoms with Crippen LogP contribution in [0.3, 0.4) is 0 Å². The van der Waals surface area contributed by atoms with Gasteiger partial charge in [0, 0.05) is 26.2 Å². The Morgan fingerprint density at radius 2 is 2.20 bits per heavy atom. The van der Waals surface area contributed by atoms with Crippen molar-refractivity contribution in [3.05, 3.63) is 0 Å². The Balaban J connectivity index is 0.00000196. The number of halogens is 1. The summed E-state index contributed by atoms with van der Waals surface area (Å²) in [5.41, 5.74) is 0. The Hall–Kier alpha value is -0.360. The zero-order chi connectivity index (χ0) is 10.4. The van der Waals surface area contributed by atoms with E-state index in [2.05, 4.69) is 10.6 Å². The van der Waals surface area contributed by atoms with Crippen molar-refractivity contribution in [2.45, 2.75) is 6.10 Å². The van der Waals surface area contributed by atoms with Gasteiger partial charge >= 0.3 is 0 Å². The summed E-state index contributed by atoms with van der Waals surface area (Å²) in [5, 5.41) is 5.87. The van der Waals surface area contributed by atoms with E-state index in [4.69, 9.17) is 4.74 Å². The second-order valence-corrected chi connectivity index (χ2v) is 3.74. The fraction of sp³-hybridized carbons (Fsp3) is 0.889. The van der Waals surface area contributed by atoms with E-state index in [9.17, 15) is 4.79 Å². The lowest BCUT2D eigenvalue weighted by atomic mass is 10.2. The molecule has 1 rings (SSSR count). The third-order valence-electron chi connectivity index (χ3n) is 2.08. The van der Waals surface area contributed by atoms with Gasteiger partial charge in [0.05, 0.1) is 6.10 Å². The summed E-state index contributed by atoms with van der Waals surface area (Å²) in [5.74, 6) is -0.0289. The molecule has 6 heteroatoms. The topological polar surface area (TPSA) is 53.6 Å². The quantitative estimate of drug-likeness (QED) is 0.627. The molecule has 1 fully saturated rings. The summed E-state index contributed by atoms with van der Waals surface area (Å²) in [7, 11) is 3.95. The normalized spacial score (nSPS) is 15.7. The standard InChI is InChI=1S/C9H19N3O2.ClH/c1-12(2)4-3-11-9(13)7-14-8-5-10-6-8;/h8,10H,3-7H2,1-2H3,(H,11,13);1H. The fourth-order valence-corrected chi connectivity index (χ4v) is 1.04. The van der Waals surface area contributed by atoms with Crippen molar-refractivity contribution < 1.29 is 9.53 Å². The second kappa shape index (κ2) is 7.87. The third-order valence-corrected chi connectivity index (χ3v) is 2.08. The van der Waals surface area contributed by atoms with Crippen LogP contribution in [-0.4, -0.2) is 63.8 Å². The molecule has 0 aliphatic carbocycles. The van der Waals surface area contributed by atoms with Gasteiger partial charge in [-0.25, -0.2) is 0 Å². The monoisotopic (exact) mass is 237 g/mol. The van der Waals surface area contributed by atoms with Crippen LogP contribution in [0.25, 0.3) is 0 Å². The maximum absolute atomic E-state index is 11.2. The van der Waals surface area contributed by atoms with Crippen LogP contribution in [0.2, 0.25) is 0 Å². The van der Waals surface area contributed by atoms with Gasteiger partial charge in [0.1, 0.15) is 6.61 Å². The molecule has 1 saturated heterocycles. The minimum atomic E-state index is -0.0289. The van der Waals surface area contributed by atoms with Crippen LogP contribution < -0.4 is 10.6 Å². The second-order valence-electron chi connectivity index (χ2n) is 3.74. The molecule has 15 heavy (non-hydrogen) atoms. The molecule has 0 radical (unpaired) electrons. The number of nitrogens with zero attached hydrogens (tertiary/aromatic N) is 1. The van der Waals surface area contributed by atoms with Crippen molar-refractivity contribution in [3.63, 3.8) is 0 Å². The molecule has 2 N–H and O–H groups in total. The fourth-order valence-electron chi connectivity index (χ4n) is 1.04. The van der Waals surface area contributed by atoms with E-state index in [1.807, 2.05) is 19.0 Å². The van der Waals surface area contributed by atoms with E-state index >= 15 is 0 Å². The van der Waals surface area contributed by atoms with Crippen LogP contribution in [0, 0.1) is 0 Å². The zero-order valence-electron chi connectivity index (χ0n) is 9.28. The maximum atomic E-state index is 11.2. The van der Waals surface area contributed by atoms with Crippen molar-refractivity contribution in [1.29, 1.82) is 0 Å². The molecule has 0 aromatic carbocycles. The highest BCUT2D eigenvalue weighted by molar-refractivity contribution is 5.85. The molecule has 1 heterocycles. The number of likely N-dealkylation sites (N-methyl/N-ethyl adjacent to an activating group) is 1. The Kier molecular flexibility index (Phi) is 7.68. The molecular formula is C9H20ClN3O2. The number of amides is 1. The van der Waals surface area contributed by atoms with Gasteiger partial charge in [-0.2, -0.15) is 0 Å². The number of rotatable bonds is 6. The number of carbonyl (C=O) groups excluding carboxylic acids is 1. The van der Waals surface area contributed by atoms with Gasteiger partial charge in [-0.3, -0.25) is 4.79 Å². The highest BCUT2D eigenvalue weighted by atomic mass is 35.5. The third kappa shape index (κ3) is 6.67. The summed E-state index contributed by atoms with van der Waals surface area (Å²) in [4.78, 5) is 13.2. The number of hydrogen-bond acceptors (Lipinski definition) is 4. The van der Waals surface area contributed by atoms with Crippen LogP contribution in [-0.2, 0) is 9.53 Å². The first-order chi connectivity index (χ1) is 6.68. The molecule has 0 unspecified atom stereocenters. The molecule has 1 aliphatic heterocycles. The van der Waals surface area contributed by atoms with Gasteiger partial charge in [0.2, 0.25) is 5.91 Å². The number of ether oxygens (including phenoxy) is 1. The molecule has 0 aromatic rings. The van der Waals surface area contributed by atoms with Crippen LogP contribution in [0.4, 0.5) is 0 Å². The molecule has 90 valence electrons. The minimum absolute atomic E-state index is 0. The van der Waals surface area contributed by atoms with E-state index in [0.717, 1.165) is 19.6 Å². The zero-order valence-corrected chi connectivity index (χ0v) is 10.1. The predicted molar refractivity (Wildman–Crippen MR) is 61.4 cm³/mol. The molecule has 1 aliphatic rings. The molecule has 0 aromatic heterocycles. The summed E-state index contributed by atoms with van der Waals surface area (Å²) < 4.78 is 5.31.